The molecule has 0 bridgehead atoms. The summed E-state index contributed by atoms with van der Waals surface area (Å²) in [5.74, 6) is 0.0522. The van der Waals surface area contributed by atoms with Crippen molar-refractivity contribution in [3.05, 3.63) is 35.4 Å². The van der Waals surface area contributed by atoms with E-state index >= 15 is 0 Å². The normalized spacial score (nSPS) is 24.6. The van der Waals surface area contributed by atoms with Gasteiger partial charge >= 0.3 is 6.09 Å². The smallest absolute Gasteiger partial charge is 0.409 e. The summed E-state index contributed by atoms with van der Waals surface area (Å²) in [6.07, 6.45) is 5.20. The number of carbonyl (C=O) groups is 2. The first-order chi connectivity index (χ1) is 14.8. The fourth-order valence-corrected chi connectivity index (χ4v) is 6.02. The Morgan fingerprint density at radius 3 is 2.42 bits per heavy atom. The average Bonchev–Trinajstić information content (AvgIpc) is 3.03. The van der Waals surface area contributed by atoms with Crippen LogP contribution in [0.4, 0.5) is 4.79 Å². The lowest BCUT2D eigenvalue weighted by atomic mass is 9.72. The van der Waals surface area contributed by atoms with Gasteiger partial charge in [0.15, 0.2) is 0 Å². The van der Waals surface area contributed by atoms with Crippen LogP contribution in [-0.2, 0) is 14.9 Å². The van der Waals surface area contributed by atoms with Crippen LogP contribution in [0.25, 0.3) is 0 Å². The summed E-state index contributed by atoms with van der Waals surface area (Å²) in [5, 5.41) is 3.18. The van der Waals surface area contributed by atoms with Crippen LogP contribution in [0.1, 0.15) is 70.0 Å². The van der Waals surface area contributed by atoms with Gasteiger partial charge in [0.05, 0.1) is 12.6 Å². The van der Waals surface area contributed by atoms with Crippen molar-refractivity contribution < 1.29 is 14.3 Å². The summed E-state index contributed by atoms with van der Waals surface area (Å²) in [6, 6.07) is 8.84. The highest BCUT2D eigenvalue weighted by Crippen LogP contribution is 2.51. The molecule has 3 aliphatic rings. The van der Waals surface area contributed by atoms with Gasteiger partial charge in [-0.3, -0.25) is 4.79 Å². The molecule has 1 spiro atoms. The molecular formula is C25H37N3O3. The van der Waals surface area contributed by atoms with Crippen LogP contribution >= 0.6 is 0 Å². The van der Waals surface area contributed by atoms with Crippen molar-refractivity contribution in [2.75, 3.05) is 39.3 Å². The number of amides is 2. The number of likely N-dealkylation sites (tertiary alicyclic amines) is 2. The summed E-state index contributed by atoms with van der Waals surface area (Å²) >= 11 is 0. The Labute approximate surface area is 186 Å². The molecule has 0 radical (unpaired) electrons. The molecule has 1 aromatic rings. The Kier molecular flexibility index (Phi) is 6.29. The van der Waals surface area contributed by atoms with Crippen LogP contribution in [-0.4, -0.2) is 61.1 Å². The molecule has 2 aliphatic heterocycles. The largest absolute Gasteiger partial charge is 0.450 e. The van der Waals surface area contributed by atoms with Gasteiger partial charge in [-0.25, -0.2) is 4.79 Å². The number of hydrogen-bond acceptors (Lipinski definition) is 4. The number of fused-ring (bicyclic) bond motifs is 2. The molecule has 1 aromatic carbocycles. The standard InChI is InChI=1S/C25H37N3O3/c1-4-31-23(30)28-15-9-24(3,10-16-28)18-27-13-11-25(12-14-27)17-22(26-19(2)29)20-7-5-6-8-21(20)25/h5-8,22H,4,9-18H2,1-3H3,(H,26,29)/t22-/m0/s1. The molecule has 0 aromatic heterocycles. The second-order valence-corrected chi connectivity index (χ2v) is 10.1. The second kappa shape index (κ2) is 8.81. The molecule has 4 rings (SSSR count). The Morgan fingerprint density at radius 1 is 1.10 bits per heavy atom. The van der Waals surface area contributed by atoms with Crippen molar-refractivity contribution in [1.82, 2.24) is 15.1 Å². The van der Waals surface area contributed by atoms with E-state index in [0.29, 0.717) is 6.61 Å². The van der Waals surface area contributed by atoms with Crippen LogP contribution in [0.15, 0.2) is 24.3 Å². The number of rotatable bonds is 4. The minimum Gasteiger partial charge on any atom is -0.450 e. The predicted molar refractivity (Wildman–Crippen MR) is 121 cm³/mol. The first-order valence-corrected chi connectivity index (χ1v) is 11.8. The number of hydrogen-bond donors (Lipinski definition) is 1. The highest BCUT2D eigenvalue weighted by atomic mass is 16.6. The second-order valence-electron chi connectivity index (χ2n) is 10.1. The summed E-state index contributed by atoms with van der Waals surface area (Å²) < 4.78 is 5.16. The number of benzene rings is 1. The van der Waals surface area contributed by atoms with Gasteiger partial charge in [-0.15, -0.1) is 0 Å². The maximum atomic E-state index is 12.0. The zero-order chi connectivity index (χ0) is 22.1. The fourth-order valence-electron chi connectivity index (χ4n) is 6.02. The van der Waals surface area contributed by atoms with Gasteiger partial charge in [-0.1, -0.05) is 31.2 Å². The third-order valence-electron chi connectivity index (χ3n) is 7.79. The van der Waals surface area contributed by atoms with Crippen molar-refractivity contribution in [3.8, 4) is 0 Å². The quantitative estimate of drug-likeness (QED) is 0.793. The van der Waals surface area contributed by atoms with Crippen LogP contribution in [0.3, 0.4) is 0 Å². The molecule has 1 atom stereocenters. The summed E-state index contributed by atoms with van der Waals surface area (Å²) in [4.78, 5) is 28.2. The highest BCUT2D eigenvalue weighted by Gasteiger charge is 2.46. The summed E-state index contributed by atoms with van der Waals surface area (Å²) in [7, 11) is 0. The number of piperidine rings is 2. The molecule has 1 aliphatic carbocycles. The van der Waals surface area contributed by atoms with Crippen molar-refractivity contribution in [3.63, 3.8) is 0 Å². The Morgan fingerprint density at radius 2 is 1.77 bits per heavy atom. The van der Waals surface area contributed by atoms with Gasteiger partial charge in [0.25, 0.3) is 0 Å². The Balaban J connectivity index is 1.35. The molecule has 2 saturated heterocycles. The lowest BCUT2D eigenvalue weighted by Gasteiger charge is -2.46. The van der Waals surface area contributed by atoms with Gasteiger partial charge in [0.1, 0.15) is 0 Å². The minimum absolute atomic E-state index is 0.0522. The number of nitrogens with one attached hydrogen (secondary N) is 1. The monoisotopic (exact) mass is 427 g/mol. The maximum Gasteiger partial charge on any atom is 0.409 e. The molecule has 2 fully saturated rings. The van der Waals surface area contributed by atoms with E-state index in [1.807, 2.05) is 11.8 Å². The first kappa shape index (κ1) is 22.1. The SMILES string of the molecule is CCOC(=O)N1CCC(C)(CN2CCC3(CC2)C[C@H](NC(C)=O)c2ccccc23)CC1. The van der Waals surface area contributed by atoms with Gasteiger partial charge < -0.3 is 19.9 Å². The van der Waals surface area contributed by atoms with Gasteiger partial charge in [-0.05, 0) is 68.7 Å². The molecule has 170 valence electrons. The van der Waals surface area contributed by atoms with E-state index in [9.17, 15) is 9.59 Å². The molecule has 0 saturated carbocycles. The first-order valence-electron chi connectivity index (χ1n) is 11.8. The van der Waals surface area contributed by atoms with Crippen LogP contribution in [0.2, 0.25) is 0 Å². The molecule has 0 unspecified atom stereocenters. The van der Waals surface area contributed by atoms with Gasteiger partial charge in [-0.2, -0.15) is 0 Å². The zero-order valence-corrected chi connectivity index (χ0v) is 19.3. The molecule has 6 heteroatoms. The van der Waals surface area contributed by atoms with Gasteiger partial charge in [0.2, 0.25) is 5.91 Å². The lowest BCUT2D eigenvalue weighted by Crippen LogP contribution is -2.49. The Hall–Kier alpha value is -2.08. The fraction of sp³-hybridized carbons (Fsp3) is 0.680. The maximum absolute atomic E-state index is 12.0. The summed E-state index contributed by atoms with van der Waals surface area (Å²) in [5.41, 5.74) is 3.19. The van der Waals surface area contributed by atoms with Gasteiger partial charge in [0, 0.05) is 32.0 Å². The van der Waals surface area contributed by atoms with Crippen molar-refractivity contribution in [2.24, 2.45) is 5.41 Å². The van der Waals surface area contributed by atoms with Crippen LogP contribution in [0.5, 0.6) is 0 Å². The van der Waals surface area contributed by atoms with E-state index in [1.54, 1.807) is 6.92 Å². The third kappa shape index (κ3) is 4.59. The van der Waals surface area contributed by atoms with E-state index in [-0.39, 0.29) is 28.9 Å². The molecule has 1 N–H and O–H groups in total. The van der Waals surface area contributed by atoms with E-state index < -0.39 is 0 Å². The van der Waals surface area contributed by atoms with E-state index in [2.05, 4.69) is 41.4 Å². The third-order valence-corrected chi connectivity index (χ3v) is 7.79. The zero-order valence-electron chi connectivity index (χ0n) is 19.3. The molecule has 2 amide bonds. The van der Waals surface area contributed by atoms with E-state index in [4.69, 9.17) is 4.74 Å². The van der Waals surface area contributed by atoms with Crippen molar-refractivity contribution >= 4 is 12.0 Å². The molecular weight excluding hydrogens is 390 g/mol. The van der Waals surface area contributed by atoms with Crippen molar-refractivity contribution in [1.29, 1.82) is 0 Å². The topological polar surface area (TPSA) is 61.9 Å². The summed E-state index contributed by atoms with van der Waals surface area (Å²) in [6.45, 7) is 11.1. The van der Waals surface area contributed by atoms with Crippen LogP contribution in [0, 0.1) is 5.41 Å². The molecule has 6 nitrogen and oxygen atoms in total. The molecule has 31 heavy (non-hydrogen) atoms. The lowest BCUT2D eigenvalue weighted by molar-refractivity contribution is -0.119. The number of nitrogens with zero attached hydrogens (tertiary/aromatic N) is 2. The van der Waals surface area contributed by atoms with E-state index in [1.165, 1.54) is 11.1 Å². The minimum atomic E-state index is -0.168. The highest BCUT2D eigenvalue weighted by molar-refractivity contribution is 5.74. The number of carbonyl (C=O) groups excluding carboxylic acids is 2. The average molecular weight is 428 g/mol. The Bertz CT molecular complexity index is 808. The predicted octanol–water partition coefficient (Wildman–Crippen LogP) is 3.86. The molecule has 2 heterocycles. The van der Waals surface area contributed by atoms with E-state index in [0.717, 1.165) is 64.8 Å². The van der Waals surface area contributed by atoms with Crippen molar-refractivity contribution in [2.45, 2.75) is 64.3 Å². The number of ether oxygens (including phenoxy) is 1. The van der Waals surface area contributed by atoms with Crippen LogP contribution < -0.4 is 5.32 Å².